The summed E-state index contributed by atoms with van der Waals surface area (Å²) in [6, 6.07) is 7.01. The molecule has 0 aliphatic rings. The van der Waals surface area contributed by atoms with Gasteiger partial charge in [0.1, 0.15) is 0 Å². The first-order chi connectivity index (χ1) is 8.99. The summed E-state index contributed by atoms with van der Waals surface area (Å²) >= 11 is 0. The zero-order valence-corrected chi connectivity index (χ0v) is 10.2. The highest BCUT2D eigenvalue weighted by Gasteiger charge is 2.28. The Labute approximate surface area is 108 Å². The fourth-order valence-electron chi connectivity index (χ4n) is 1.96. The maximum absolute atomic E-state index is 12.2. The van der Waals surface area contributed by atoms with Gasteiger partial charge in [0.15, 0.2) is 0 Å². The molecular formula is C12H15F3N4. The van der Waals surface area contributed by atoms with Crippen LogP contribution in [0.25, 0.3) is 11.0 Å². The second-order valence-electron chi connectivity index (χ2n) is 4.40. The second-order valence-corrected chi connectivity index (χ2v) is 4.40. The molecule has 0 saturated carbocycles. The van der Waals surface area contributed by atoms with Gasteiger partial charge in [0, 0.05) is 19.0 Å². The highest BCUT2D eigenvalue weighted by atomic mass is 19.4. The van der Waals surface area contributed by atoms with Gasteiger partial charge < -0.3 is 4.57 Å². The molecule has 1 aromatic heterocycles. The summed E-state index contributed by atoms with van der Waals surface area (Å²) in [5.74, 6) is 5.31. The molecule has 0 aliphatic heterocycles. The molecule has 2 aromatic rings. The number of hydrogen-bond donors (Lipinski definition) is 2. The number of hydrazine groups is 1. The van der Waals surface area contributed by atoms with Crippen LogP contribution in [-0.4, -0.2) is 21.8 Å². The number of benzene rings is 1. The standard InChI is InChI=1S/C12H15F3N4/c13-12(14,15)6-5-9(18-16)7-19-8-17-10-3-1-2-4-11(10)19/h1-4,8-9,18H,5-7,16H2. The number of fused-ring (bicyclic) bond motifs is 1. The Morgan fingerprint density at radius 1 is 1.32 bits per heavy atom. The fourth-order valence-corrected chi connectivity index (χ4v) is 1.96. The molecule has 0 radical (unpaired) electrons. The van der Waals surface area contributed by atoms with Crippen LogP contribution in [0.5, 0.6) is 0 Å². The van der Waals surface area contributed by atoms with Gasteiger partial charge in [0.05, 0.1) is 17.4 Å². The Hall–Kier alpha value is -1.60. The monoisotopic (exact) mass is 272 g/mol. The van der Waals surface area contributed by atoms with E-state index in [1.807, 2.05) is 24.3 Å². The van der Waals surface area contributed by atoms with E-state index >= 15 is 0 Å². The van der Waals surface area contributed by atoms with Crippen molar-refractivity contribution in [2.24, 2.45) is 5.84 Å². The van der Waals surface area contributed by atoms with E-state index in [9.17, 15) is 13.2 Å². The van der Waals surface area contributed by atoms with Crippen molar-refractivity contribution >= 4 is 11.0 Å². The van der Waals surface area contributed by atoms with Crippen LogP contribution in [-0.2, 0) is 6.54 Å². The molecular weight excluding hydrogens is 257 g/mol. The van der Waals surface area contributed by atoms with E-state index in [1.165, 1.54) is 0 Å². The van der Waals surface area contributed by atoms with Crippen LogP contribution in [0.1, 0.15) is 12.8 Å². The van der Waals surface area contributed by atoms with Gasteiger partial charge in [-0.1, -0.05) is 12.1 Å². The number of alkyl halides is 3. The SMILES string of the molecule is NNC(CCC(F)(F)F)Cn1cnc2ccccc21. The Kier molecular flexibility index (Phi) is 4.06. The van der Waals surface area contributed by atoms with Crippen LogP contribution in [0.3, 0.4) is 0 Å². The summed E-state index contributed by atoms with van der Waals surface area (Å²) in [4.78, 5) is 4.19. The van der Waals surface area contributed by atoms with E-state index in [0.717, 1.165) is 11.0 Å². The van der Waals surface area contributed by atoms with Crippen LogP contribution in [0.2, 0.25) is 0 Å². The van der Waals surface area contributed by atoms with E-state index in [4.69, 9.17) is 5.84 Å². The van der Waals surface area contributed by atoms with Crippen molar-refractivity contribution < 1.29 is 13.2 Å². The van der Waals surface area contributed by atoms with Crippen molar-refractivity contribution in [1.29, 1.82) is 0 Å². The highest BCUT2D eigenvalue weighted by molar-refractivity contribution is 5.74. The number of aromatic nitrogens is 2. The molecule has 19 heavy (non-hydrogen) atoms. The Morgan fingerprint density at radius 3 is 2.74 bits per heavy atom. The predicted molar refractivity (Wildman–Crippen MR) is 66.1 cm³/mol. The number of halogens is 3. The molecule has 1 heterocycles. The fraction of sp³-hybridized carbons (Fsp3) is 0.417. The molecule has 1 aromatic carbocycles. The van der Waals surface area contributed by atoms with Crippen molar-refractivity contribution in [1.82, 2.24) is 15.0 Å². The second kappa shape index (κ2) is 5.58. The van der Waals surface area contributed by atoms with Gasteiger partial charge in [-0.3, -0.25) is 11.3 Å². The first kappa shape index (κ1) is 13.8. The molecule has 2 rings (SSSR count). The third-order valence-corrected chi connectivity index (χ3v) is 2.96. The number of nitrogens with zero attached hydrogens (tertiary/aromatic N) is 2. The smallest absolute Gasteiger partial charge is 0.329 e. The average Bonchev–Trinajstić information content (AvgIpc) is 2.77. The molecule has 1 unspecified atom stereocenters. The molecule has 104 valence electrons. The largest absolute Gasteiger partial charge is 0.389 e. The van der Waals surface area contributed by atoms with Crippen molar-refractivity contribution in [2.75, 3.05) is 0 Å². The Morgan fingerprint density at radius 2 is 2.05 bits per heavy atom. The molecule has 3 N–H and O–H groups in total. The predicted octanol–water partition coefficient (Wildman–Crippen LogP) is 2.21. The van der Waals surface area contributed by atoms with Crippen molar-refractivity contribution in [3.05, 3.63) is 30.6 Å². The molecule has 1 atom stereocenters. The summed E-state index contributed by atoms with van der Waals surface area (Å²) < 4.78 is 38.4. The van der Waals surface area contributed by atoms with E-state index in [0.29, 0.717) is 6.54 Å². The van der Waals surface area contributed by atoms with E-state index in [-0.39, 0.29) is 6.42 Å². The summed E-state index contributed by atoms with van der Waals surface area (Å²) in [5.41, 5.74) is 4.13. The Balaban J connectivity index is 2.06. The number of para-hydroxylation sites is 2. The molecule has 7 heteroatoms. The summed E-state index contributed by atoms with van der Waals surface area (Å²) in [6.07, 6.45) is -3.46. The van der Waals surface area contributed by atoms with Crippen molar-refractivity contribution in [3.63, 3.8) is 0 Å². The van der Waals surface area contributed by atoms with Gasteiger partial charge in [0.25, 0.3) is 0 Å². The van der Waals surface area contributed by atoms with Gasteiger partial charge in [-0.05, 0) is 18.6 Å². The van der Waals surface area contributed by atoms with Gasteiger partial charge in [-0.25, -0.2) is 4.98 Å². The summed E-state index contributed by atoms with van der Waals surface area (Å²) in [5, 5.41) is 0. The zero-order valence-electron chi connectivity index (χ0n) is 10.2. The van der Waals surface area contributed by atoms with Crippen molar-refractivity contribution in [3.8, 4) is 0 Å². The van der Waals surface area contributed by atoms with Crippen LogP contribution < -0.4 is 11.3 Å². The number of rotatable bonds is 5. The Bertz CT molecular complexity index is 535. The van der Waals surface area contributed by atoms with E-state index in [2.05, 4.69) is 10.4 Å². The topological polar surface area (TPSA) is 55.9 Å². The number of nitrogens with two attached hydrogens (primary N) is 1. The maximum atomic E-state index is 12.2. The van der Waals surface area contributed by atoms with Crippen LogP contribution in [0.15, 0.2) is 30.6 Å². The number of hydrogen-bond acceptors (Lipinski definition) is 3. The minimum absolute atomic E-state index is 0.0630. The average molecular weight is 272 g/mol. The lowest BCUT2D eigenvalue weighted by atomic mass is 10.1. The summed E-state index contributed by atoms with van der Waals surface area (Å²) in [7, 11) is 0. The quantitative estimate of drug-likeness (QED) is 0.648. The first-order valence-electron chi connectivity index (χ1n) is 5.92. The van der Waals surface area contributed by atoms with Crippen LogP contribution in [0, 0.1) is 0 Å². The minimum Gasteiger partial charge on any atom is -0.329 e. The van der Waals surface area contributed by atoms with E-state index in [1.54, 1.807) is 10.9 Å². The first-order valence-corrected chi connectivity index (χ1v) is 5.92. The van der Waals surface area contributed by atoms with Gasteiger partial charge in [-0.2, -0.15) is 13.2 Å². The zero-order chi connectivity index (χ0) is 13.9. The molecule has 4 nitrogen and oxygen atoms in total. The van der Waals surface area contributed by atoms with Crippen LogP contribution in [0.4, 0.5) is 13.2 Å². The highest BCUT2D eigenvalue weighted by Crippen LogP contribution is 2.23. The maximum Gasteiger partial charge on any atom is 0.389 e. The van der Waals surface area contributed by atoms with Gasteiger partial charge in [-0.15, -0.1) is 0 Å². The minimum atomic E-state index is -4.16. The number of imidazole rings is 1. The van der Waals surface area contributed by atoms with Gasteiger partial charge in [0.2, 0.25) is 0 Å². The van der Waals surface area contributed by atoms with Gasteiger partial charge >= 0.3 is 6.18 Å². The molecule has 0 saturated heterocycles. The third kappa shape index (κ3) is 3.68. The lowest BCUT2D eigenvalue weighted by molar-refractivity contribution is -0.136. The normalized spacial score (nSPS) is 13.9. The molecule has 0 fully saturated rings. The molecule has 0 bridgehead atoms. The van der Waals surface area contributed by atoms with Crippen LogP contribution >= 0.6 is 0 Å². The lowest BCUT2D eigenvalue weighted by Crippen LogP contribution is -2.39. The number of nitrogens with one attached hydrogen (secondary N) is 1. The molecule has 0 amide bonds. The molecule has 0 spiro atoms. The molecule has 0 aliphatic carbocycles. The van der Waals surface area contributed by atoms with Crippen molar-refractivity contribution in [2.45, 2.75) is 31.6 Å². The summed E-state index contributed by atoms with van der Waals surface area (Å²) in [6.45, 7) is 0.354. The van der Waals surface area contributed by atoms with E-state index < -0.39 is 18.6 Å². The third-order valence-electron chi connectivity index (χ3n) is 2.96. The lowest BCUT2D eigenvalue weighted by Gasteiger charge is -2.17.